The molecule has 6 atom stereocenters. The van der Waals surface area contributed by atoms with E-state index in [0.29, 0.717) is 11.4 Å². The number of aliphatic hydroxyl groups is 3. The zero-order valence-electron chi connectivity index (χ0n) is 14.8. The van der Waals surface area contributed by atoms with Crippen molar-refractivity contribution in [3.05, 3.63) is 30.5 Å². The van der Waals surface area contributed by atoms with Crippen LogP contribution in [0.3, 0.4) is 0 Å². The van der Waals surface area contributed by atoms with Gasteiger partial charge in [0, 0.05) is 12.2 Å². The molecule has 2 saturated carbocycles. The summed E-state index contributed by atoms with van der Waals surface area (Å²) >= 11 is 0. The molecule has 2 aromatic rings. The fraction of sp³-hybridized carbons (Fsp3) is 0.579. The minimum absolute atomic E-state index is 0.00836. The minimum atomic E-state index is -0.913. The second-order valence-corrected chi connectivity index (χ2v) is 7.37. The number of fused-ring (bicyclic) bond motifs is 1. The van der Waals surface area contributed by atoms with Crippen molar-refractivity contribution in [1.29, 1.82) is 0 Å². The second-order valence-electron chi connectivity index (χ2n) is 7.37. The van der Waals surface area contributed by atoms with Crippen molar-refractivity contribution in [2.24, 2.45) is 17.8 Å². The van der Waals surface area contributed by atoms with E-state index in [1.807, 2.05) is 24.3 Å². The lowest BCUT2D eigenvalue weighted by Gasteiger charge is -2.36. The van der Waals surface area contributed by atoms with Gasteiger partial charge in [0.15, 0.2) is 0 Å². The van der Waals surface area contributed by atoms with E-state index in [4.69, 9.17) is 4.74 Å². The number of aliphatic hydroxyl groups excluding tert-OH is 3. The molecule has 7 nitrogen and oxygen atoms in total. The zero-order chi connectivity index (χ0) is 18.3. The van der Waals surface area contributed by atoms with Crippen LogP contribution in [0.2, 0.25) is 0 Å². The Bertz CT molecular complexity index is 765. The first-order valence-electron chi connectivity index (χ1n) is 9.18. The minimum Gasteiger partial charge on any atom is -0.496 e. The van der Waals surface area contributed by atoms with Gasteiger partial charge in [-0.1, -0.05) is 23.8 Å². The second kappa shape index (κ2) is 6.98. The van der Waals surface area contributed by atoms with Crippen molar-refractivity contribution in [2.75, 3.05) is 13.7 Å². The number of hydrogen-bond acceptors (Lipinski definition) is 6. The van der Waals surface area contributed by atoms with Crippen LogP contribution in [0, 0.1) is 17.8 Å². The van der Waals surface area contributed by atoms with E-state index >= 15 is 0 Å². The van der Waals surface area contributed by atoms with Gasteiger partial charge in [-0.25, -0.2) is 4.68 Å². The summed E-state index contributed by atoms with van der Waals surface area (Å²) in [5.41, 5.74) is 1.48. The Kier molecular flexibility index (Phi) is 4.69. The SMILES string of the molecule is COc1ccccc1-c1cn([C@H]2[C@H](O)[C@H](O)[C@H]3CCC[C@H](CO)[C@H]32)nn1. The molecular formula is C19H25N3O4. The molecule has 0 saturated heterocycles. The summed E-state index contributed by atoms with van der Waals surface area (Å²) in [6.45, 7) is 0.0607. The smallest absolute Gasteiger partial charge is 0.128 e. The van der Waals surface area contributed by atoms with Gasteiger partial charge in [0.05, 0.1) is 25.5 Å². The van der Waals surface area contributed by atoms with Gasteiger partial charge in [-0.3, -0.25) is 0 Å². The third-order valence-electron chi connectivity index (χ3n) is 6.12. The van der Waals surface area contributed by atoms with Crippen LogP contribution < -0.4 is 4.74 Å². The van der Waals surface area contributed by atoms with Crippen molar-refractivity contribution in [3.8, 4) is 17.0 Å². The average molecular weight is 359 g/mol. The van der Waals surface area contributed by atoms with Crippen molar-refractivity contribution >= 4 is 0 Å². The van der Waals surface area contributed by atoms with Gasteiger partial charge in [-0.05, 0) is 42.7 Å². The van der Waals surface area contributed by atoms with Gasteiger partial charge in [0.2, 0.25) is 0 Å². The van der Waals surface area contributed by atoms with Gasteiger partial charge in [0.1, 0.15) is 17.5 Å². The first-order chi connectivity index (χ1) is 12.7. The molecule has 140 valence electrons. The normalized spacial score (nSPS) is 33.8. The summed E-state index contributed by atoms with van der Waals surface area (Å²) in [7, 11) is 1.61. The van der Waals surface area contributed by atoms with E-state index in [-0.39, 0.29) is 30.4 Å². The van der Waals surface area contributed by atoms with Crippen LogP contribution in [0.1, 0.15) is 25.3 Å². The van der Waals surface area contributed by atoms with Crippen LogP contribution in [-0.4, -0.2) is 56.2 Å². The number of nitrogens with zero attached hydrogens (tertiary/aromatic N) is 3. The summed E-state index contributed by atoms with van der Waals surface area (Å²) in [5, 5.41) is 39.5. The fourth-order valence-electron chi connectivity index (χ4n) is 4.91. The molecule has 0 spiro atoms. The van der Waals surface area contributed by atoms with Gasteiger partial charge >= 0.3 is 0 Å². The number of rotatable bonds is 4. The average Bonchev–Trinajstić information content (AvgIpc) is 3.25. The molecule has 0 aliphatic heterocycles. The lowest BCUT2D eigenvalue weighted by atomic mass is 9.72. The highest BCUT2D eigenvalue weighted by Gasteiger charge is 2.54. The third-order valence-corrected chi connectivity index (χ3v) is 6.12. The number of ether oxygens (including phenoxy) is 1. The van der Waals surface area contributed by atoms with Crippen molar-refractivity contribution < 1.29 is 20.1 Å². The van der Waals surface area contributed by atoms with Crippen LogP contribution in [0.4, 0.5) is 0 Å². The predicted molar refractivity (Wildman–Crippen MR) is 94.5 cm³/mol. The third kappa shape index (κ3) is 2.71. The van der Waals surface area contributed by atoms with Crippen LogP contribution >= 0.6 is 0 Å². The molecule has 1 heterocycles. The highest BCUT2D eigenvalue weighted by Crippen LogP contribution is 2.51. The molecule has 7 heteroatoms. The number of aromatic nitrogens is 3. The predicted octanol–water partition coefficient (Wildman–Crippen LogP) is 1.25. The summed E-state index contributed by atoms with van der Waals surface area (Å²) in [6.07, 6.45) is 2.82. The Morgan fingerprint density at radius 3 is 2.77 bits per heavy atom. The van der Waals surface area contributed by atoms with Gasteiger partial charge in [0.25, 0.3) is 0 Å². The largest absolute Gasteiger partial charge is 0.496 e. The molecule has 4 rings (SSSR count). The number of benzene rings is 1. The number of hydrogen-bond donors (Lipinski definition) is 3. The van der Waals surface area contributed by atoms with Gasteiger partial charge in [-0.15, -0.1) is 5.10 Å². The monoisotopic (exact) mass is 359 g/mol. The quantitative estimate of drug-likeness (QED) is 0.760. The molecule has 1 aromatic carbocycles. The molecule has 0 radical (unpaired) electrons. The Morgan fingerprint density at radius 1 is 1.19 bits per heavy atom. The summed E-state index contributed by atoms with van der Waals surface area (Å²) < 4.78 is 7.05. The molecule has 3 N–H and O–H groups in total. The molecule has 0 bridgehead atoms. The fourth-order valence-corrected chi connectivity index (χ4v) is 4.91. The first kappa shape index (κ1) is 17.5. The van der Waals surface area contributed by atoms with Crippen LogP contribution in [-0.2, 0) is 0 Å². The standard InChI is InChI=1S/C19H25N3O4/c1-26-15-8-3-2-6-12(15)14-9-22(21-20-14)17-16-11(10-23)5-4-7-13(16)18(24)19(17)25/h2-3,6,8-9,11,13,16-19,23-25H,4-5,7,10H2,1H3/t11-,13+,16-,17-,18-,19+/m1/s1. The summed E-state index contributed by atoms with van der Waals surface area (Å²) in [6, 6.07) is 7.18. The highest BCUT2D eigenvalue weighted by molar-refractivity contribution is 5.66. The van der Waals surface area contributed by atoms with Crippen LogP contribution in [0.5, 0.6) is 5.75 Å². The lowest BCUT2D eigenvalue weighted by Crippen LogP contribution is -2.34. The van der Waals surface area contributed by atoms with E-state index in [1.54, 1.807) is 18.0 Å². The van der Waals surface area contributed by atoms with E-state index in [9.17, 15) is 15.3 Å². The zero-order valence-corrected chi connectivity index (χ0v) is 14.8. The molecular weight excluding hydrogens is 334 g/mol. The first-order valence-corrected chi connectivity index (χ1v) is 9.18. The van der Waals surface area contributed by atoms with E-state index in [2.05, 4.69) is 10.3 Å². The Morgan fingerprint density at radius 2 is 2.00 bits per heavy atom. The van der Waals surface area contributed by atoms with E-state index in [1.165, 1.54) is 0 Å². The van der Waals surface area contributed by atoms with Crippen molar-refractivity contribution in [3.63, 3.8) is 0 Å². The van der Waals surface area contributed by atoms with Gasteiger partial charge < -0.3 is 20.1 Å². The van der Waals surface area contributed by atoms with Crippen molar-refractivity contribution in [1.82, 2.24) is 15.0 Å². The maximum atomic E-state index is 10.7. The lowest BCUT2D eigenvalue weighted by molar-refractivity contribution is 0.000914. The Labute approximate surface area is 152 Å². The molecule has 2 aliphatic carbocycles. The van der Waals surface area contributed by atoms with Crippen molar-refractivity contribution in [2.45, 2.75) is 37.5 Å². The highest BCUT2D eigenvalue weighted by atomic mass is 16.5. The Balaban J connectivity index is 1.70. The number of methoxy groups -OCH3 is 1. The maximum Gasteiger partial charge on any atom is 0.128 e. The topological polar surface area (TPSA) is 101 Å². The Hall–Kier alpha value is -1.96. The molecule has 26 heavy (non-hydrogen) atoms. The van der Waals surface area contributed by atoms with Gasteiger partial charge in [-0.2, -0.15) is 0 Å². The van der Waals surface area contributed by atoms with E-state index in [0.717, 1.165) is 24.8 Å². The van der Waals surface area contributed by atoms with Crippen LogP contribution in [0.15, 0.2) is 30.5 Å². The molecule has 1 aromatic heterocycles. The van der Waals surface area contributed by atoms with E-state index < -0.39 is 12.2 Å². The molecule has 2 fully saturated rings. The van der Waals surface area contributed by atoms with Crippen LogP contribution in [0.25, 0.3) is 11.3 Å². The summed E-state index contributed by atoms with van der Waals surface area (Å²) in [5.74, 6) is 0.741. The number of para-hydroxylation sites is 1. The molecule has 0 amide bonds. The summed E-state index contributed by atoms with van der Waals surface area (Å²) in [4.78, 5) is 0. The molecule has 2 aliphatic rings. The molecule has 0 unspecified atom stereocenters. The maximum absolute atomic E-state index is 10.7.